The molecule has 12 atom stereocenters. The highest BCUT2D eigenvalue weighted by atomic mass is 16.7. The van der Waals surface area contributed by atoms with Crippen molar-refractivity contribution in [3.05, 3.63) is 23.8 Å². The maximum atomic E-state index is 14.2. The first-order valence-corrected chi connectivity index (χ1v) is 15.4. The van der Waals surface area contributed by atoms with Crippen LogP contribution in [0.25, 0.3) is 0 Å². The van der Waals surface area contributed by atoms with Crippen molar-refractivity contribution in [3.8, 4) is 0 Å². The van der Waals surface area contributed by atoms with Crippen LogP contribution < -0.4 is 0 Å². The zero-order chi connectivity index (χ0) is 28.7. The van der Waals surface area contributed by atoms with E-state index in [-0.39, 0.29) is 71.8 Å². The minimum absolute atomic E-state index is 0.0124. The van der Waals surface area contributed by atoms with E-state index >= 15 is 0 Å². The number of esters is 1. The number of nitrogens with zero attached hydrogens (tertiary/aromatic N) is 1. The maximum Gasteiger partial charge on any atom is 0.306 e. The van der Waals surface area contributed by atoms with E-state index in [2.05, 4.69) is 18.2 Å². The third-order valence-electron chi connectivity index (χ3n) is 10.2. The highest BCUT2D eigenvalue weighted by Gasteiger charge is 2.50. The van der Waals surface area contributed by atoms with Gasteiger partial charge in [-0.1, -0.05) is 32.1 Å². The van der Waals surface area contributed by atoms with E-state index in [9.17, 15) is 19.5 Å². The summed E-state index contributed by atoms with van der Waals surface area (Å²) in [7, 11) is 3.89. The van der Waals surface area contributed by atoms with Gasteiger partial charge >= 0.3 is 5.97 Å². The number of aliphatic hydroxyl groups is 1. The van der Waals surface area contributed by atoms with E-state index in [0.717, 1.165) is 12.8 Å². The molecule has 3 fully saturated rings. The quantitative estimate of drug-likeness (QED) is 0.411. The molecule has 2 heterocycles. The number of ether oxygens (including phenoxy) is 3. The normalized spacial score (nSPS) is 44.3. The summed E-state index contributed by atoms with van der Waals surface area (Å²) in [5.74, 6) is -0.251. The molecule has 2 saturated heterocycles. The summed E-state index contributed by atoms with van der Waals surface area (Å²) in [5.41, 5.74) is 0.677. The monoisotopic (exact) mass is 557 g/mol. The van der Waals surface area contributed by atoms with Crippen LogP contribution in [0, 0.1) is 35.5 Å². The van der Waals surface area contributed by atoms with Gasteiger partial charge in [-0.15, -0.1) is 0 Å². The van der Waals surface area contributed by atoms with E-state index in [0.29, 0.717) is 37.7 Å². The molecule has 0 radical (unpaired) electrons. The van der Waals surface area contributed by atoms with E-state index < -0.39 is 24.4 Å². The largest absolute Gasteiger partial charge is 0.462 e. The van der Waals surface area contributed by atoms with Crippen LogP contribution in [0.4, 0.5) is 0 Å². The van der Waals surface area contributed by atoms with Crippen molar-refractivity contribution in [1.82, 2.24) is 4.90 Å². The van der Waals surface area contributed by atoms with Crippen molar-refractivity contribution >= 4 is 17.5 Å². The van der Waals surface area contributed by atoms with Crippen LogP contribution in [-0.4, -0.2) is 78.4 Å². The number of cyclic esters (lactones) is 1. The van der Waals surface area contributed by atoms with Crippen LogP contribution in [0.1, 0.15) is 72.1 Å². The van der Waals surface area contributed by atoms with Crippen LogP contribution in [0.5, 0.6) is 0 Å². The number of carbonyl (C=O) groups is 3. The van der Waals surface area contributed by atoms with Gasteiger partial charge in [-0.25, -0.2) is 0 Å². The predicted octanol–water partition coefficient (Wildman–Crippen LogP) is 3.85. The summed E-state index contributed by atoms with van der Waals surface area (Å²) in [6.07, 6.45) is 8.71. The Kier molecular flexibility index (Phi) is 9.00. The molecule has 0 aromatic heterocycles. The summed E-state index contributed by atoms with van der Waals surface area (Å²) < 4.78 is 18.5. The molecular formula is C32H47NO7. The molecule has 8 nitrogen and oxygen atoms in total. The molecule has 0 spiro atoms. The SMILES string of the molecule is CC[C@H]1CCC[C@H](OC2OC(C)CC(N(C)C)C2O)[C@@H](C)C(=O)C2=C[C@@H]3[C@@H](C=C[C@@H]4CC(=O)C[C@@H]34)[C@@H]2CC(=O)O1. The molecule has 5 aliphatic rings. The van der Waals surface area contributed by atoms with Crippen molar-refractivity contribution in [3.63, 3.8) is 0 Å². The fourth-order valence-electron chi connectivity index (χ4n) is 7.92. The molecule has 0 aromatic carbocycles. The maximum absolute atomic E-state index is 14.2. The lowest BCUT2D eigenvalue weighted by Crippen LogP contribution is -2.55. The van der Waals surface area contributed by atoms with E-state index in [1.54, 1.807) is 0 Å². The standard InChI is InChI=1S/C32H47NO7/c1-6-21-8-7-9-28(40-32-31(37)27(33(4)5)12-17(2)38-32)18(3)30(36)26-15-24-22(25(26)16-29(35)39-21)11-10-19-13-20(34)14-23(19)24/h10-11,15,17-19,21-25,27-28,31-32,37H,6-9,12-14,16H2,1-5H3/t17?,18-,19-,21+,22-,23-,24-,25+,27?,28+,31?,32?/m1/s1. The molecule has 222 valence electrons. The van der Waals surface area contributed by atoms with Gasteiger partial charge < -0.3 is 24.2 Å². The second-order valence-electron chi connectivity index (χ2n) is 13.1. The van der Waals surface area contributed by atoms with Crippen LogP contribution in [0.2, 0.25) is 0 Å². The summed E-state index contributed by atoms with van der Waals surface area (Å²) in [6, 6.07) is -0.103. The summed E-state index contributed by atoms with van der Waals surface area (Å²) >= 11 is 0. The highest BCUT2D eigenvalue weighted by molar-refractivity contribution is 5.99. The predicted molar refractivity (Wildman–Crippen MR) is 149 cm³/mol. The van der Waals surface area contributed by atoms with Crippen LogP contribution in [0.15, 0.2) is 23.8 Å². The molecule has 0 bridgehead atoms. The molecule has 5 rings (SSSR count). The second-order valence-corrected chi connectivity index (χ2v) is 13.1. The van der Waals surface area contributed by atoms with Crippen molar-refractivity contribution in [2.45, 2.75) is 109 Å². The number of rotatable bonds is 4. The number of hydrogen-bond donors (Lipinski definition) is 1. The number of carbonyl (C=O) groups excluding carboxylic acids is 3. The minimum Gasteiger partial charge on any atom is -0.462 e. The third-order valence-corrected chi connectivity index (χ3v) is 10.2. The molecule has 2 aliphatic heterocycles. The average Bonchev–Trinajstić information content (AvgIpc) is 3.47. The Hall–Kier alpha value is -1.87. The average molecular weight is 558 g/mol. The summed E-state index contributed by atoms with van der Waals surface area (Å²) in [4.78, 5) is 41.7. The number of hydrogen-bond acceptors (Lipinski definition) is 8. The number of Topliss-reactive ketones (excluding diaryl/α,β-unsaturated/α-hetero) is 2. The Morgan fingerprint density at radius 3 is 2.55 bits per heavy atom. The molecule has 8 heteroatoms. The van der Waals surface area contributed by atoms with Crippen LogP contribution in [0.3, 0.4) is 0 Å². The van der Waals surface area contributed by atoms with Gasteiger partial charge in [0.2, 0.25) is 0 Å². The Morgan fingerprint density at radius 2 is 1.82 bits per heavy atom. The Labute approximate surface area is 238 Å². The van der Waals surface area contributed by atoms with Crippen molar-refractivity contribution < 1.29 is 33.7 Å². The van der Waals surface area contributed by atoms with Crippen LogP contribution >= 0.6 is 0 Å². The van der Waals surface area contributed by atoms with Crippen molar-refractivity contribution in [1.29, 1.82) is 0 Å². The van der Waals surface area contributed by atoms with Gasteiger partial charge in [-0.05, 0) is 82.4 Å². The summed E-state index contributed by atoms with van der Waals surface area (Å²) in [5, 5.41) is 11.1. The Bertz CT molecular complexity index is 1040. The Morgan fingerprint density at radius 1 is 1.05 bits per heavy atom. The number of aliphatic hydroxyl groups excluding tert-OH is 1. The van der Waals surface area contributed by atoms with Crippen LogP contribution in [-0.2, 0) is 28.6 Å². The molecular weight excluding hydrogens is 510 g/mol. The first-order chi connectivity index (χ1) is 19.1. The number of fused-ring (bicyclic) bond motifs is 5. The van der Waals surface area contributed by atoms with Gasteiger partial charge in [0.1, 0.15) is 18.0 Å². The lowest BCUT2D eigenvalue weighted by Gasteiger charge is -2.42. The number of ketones is 2. The molecule has 0 aromatic rings. The van der Waals surface area contributed by atoms with Gasteiger partial charge in [0.05, 0.1) is 18.6 Å². The Balaban J connectivity index is 1.44. The van der Waals surface area contributed by atoms with Gasteiger partial charge in [0, 0.05) is 30.7 Å². The number of allylic oxidation sites excluding steroid dienone is 4. The van der Waals surface area contributed by atoms with E-state index in [4.69, 9.17) is 14.2 Å². The number of likely N-dealkylation sites (N-methyl/N-ethyl adjacent to an activating group) is 1. The molecule has 3 aliphatic carbocycles. The minimum atomic E-state index is -0.831. The van der Waals surface area contributed by atoms with Gasteiger partial charge in [-0.2, -0.15) is 0 Å². The lowest BCUT2D eigenvalue weighted by molar-refractivity contribution is -0.272. The summed E-state index contributed by atoms with van der Waals surface area (Å²) in [6.45, 7) is 5.92. The lowest BCUT2D eigenvalue weighted by atomic mass is 9.70. The zero-order valence-corrected chi connectivity index (χ0v) is 24.7. The topological polar surface area (TPSA) is 102 Å². The molecule has 1 saturated carbocycles. The fourth-order valence-corrected chi connectivity index (χ4v) is 7.92. The van der Waals surface area contributed by atoms with Gasteiger partial charge in [0.15, 0.2) is 12.1 Å². The van der Waals surface area contributed by atoms with E-state index in [1.165, 1.54) is 0 Å². The van der Waals surface area contributed by atoms with Gasteiger partial charge in [-0.3, -0.25) is 14.4 Å². The first kappa shape index (κ1) is 29.6. The molecule has 0 amide bonds. The first-order valence-electron chi connectivity index (χ1n) is 15.4. The third kappa shape index (κ3) is 5.87. The molecule has 1 N–H and O–H groups in total. The van der Waals surface area contributed by atoms with Crippen molar-refractivity contribution in [2.75, 3.05) is 14.1 Å². The highest BCUT2D eigenvalue weighted by Crippen LogP contribution is 2.52. The second kappa shape index (κ2) is 12.2. The molecule has 4 unspecified atom stereocenters. The smallest absolute Gasteiger partial charge is 0.306 e. The van der Waals surface area contributed by atoms with Gasteiger partial charge in [0.25, 0.3) is 0 Å². The van der Waals surface area contributed by atoms with Crippen molar-refractivity contribution in [2.24, 2.45) is 35.5 Å². The van der Waals surface area contributed by atoms with E-state index in [1.807, 2.05) is 39.8 Å². The molecule has 40 heavy (non-hydrogen) atoms. The zero-order valence-electron chi connectivity index (χ0n) is 24.7. The fraction of sp³-hybridized carbons (Fsp3) is 0.781.